The molecule has 1 aliphatic heterocycles. The van der Waals surface area contributed by atoms with Gasteiger partial charge in [0.1, 0.15) is 17.5 Å². The molecule has 25 heavy (non-hydrogen) atoms. The number of fused-ring (bicyclic) bond motifs is 2. The van der Waals surface area contributed by atoms with Gasteiger partial charge in [-0.25, -0.2) is 4.98 Å². The summed E-state index contributed by atoms with van der Waals surface area (Å²) in [6, 6.07) is 4.27. The Labute approximate surface area is 145 Å². The van der Waals surface area contributed by atoms with E-state index in [4.69, 9.17) is 14.0 Å². The first-order valence-corrected chi connectivity index (χ1v) is 8.22. The van der Waals surface area contributed by atoms with Crippen LogP contribution in [0.3, 0.4) is 0 Å². The van der Waals surface area contributed by atoms with Crippen LogP contribution in [0.1, 0.15) is 29.8 Å². The van der Waals surface area contributed by atoms with Crippen molar-refractivity contribution in [1.82, 2.24) is 15.1 Å². The standard InChI is InChI=1S/C18H20N4O3/c1-10-16-17(19-9-20-18(16)25-21-10)22-6-5-12-7-14(23-3)15(24-4)8-13(12)11(22)2/h7-9,11H,5-6H2,1-4H3/t11-/m1/s1. The van der Waals surface area contributed by atoms with E-state index in [1.807, 2.05) is 6.92 Å². The minimum atomic E-state index is 0.135. The van der Waals surface area contributed by atoms with Crippen LogP contribution >= 0.6 is 0 Å². The maximum absolute atomic E-state index is 5.47. The van der Waals surface area contributed by atoms with E-state index in [2.05, 4.69) is 39.1 Å². The summed E-state index contributed by atoms with van der Waals surface area (Å²) < 4.78 is 16.2. The molecule has 0 fully saturated rings. The van der Waals surface area contributed by atoms with E-state index in [1.54, 1.807) is 14.2 Å². The van der Waals surface area contributed by atoms with Crippen molar-refractivity contribution in [3.05, 3.63) is 35.3 Å². The van der Waals surface area contributed by atoms with Gasteiger partial charge in [0.2, 0.25) is 0 Å². The van der Waals surface area contributed by atoms with Gasteiger partial charge < -0.3 is 18.9 Å². The van der Waals surface area contributed by atoms with Gasteiger partial charge in [-0.1, -0.05) is 5.16 Å². The summed E-state index contributed by atoms with van der Waals surface area (Å²) in [5.74, 6) is 2.36. The fourth-order valence-electron chi connectivity index (χ4n) is 3.56. The molecule has 0 spiro atoms. The average molecular weight is 340 g/mol. The van der Waals surface area contributed by atoms with Crippen molar-refractivity contribution < 1.29 is 14.0 Å². The molecule has 0 saturated heterocycles. The maximum atomic E-state index is 5.47. The zero-order valence-electron chi connectivity index (χ0n) is 14.7. The fraction of sp³-hybridized carbons (Fsp3) is 0.389. The van der Waals surface area contributed by atoms with E-state index in [0.29, 0.717) is 5.71 Å². The molecule has 1 aromatic carbocycles. The Morgan fingerprint density at radius 3 is 2.68 bits per heavy atom. The Morgan fingerprint density at radius 1 is 1.16 bits per heavy atom. The summed E-state index contributed by atoms with van der Waals surface area (Å²) in [7, 11) is 3.32. The molecular formula is C18H20N4O3. The minimum absolute atomic E-state index is 0.135. The molecule has 7 heteroatoms. The van der Waals surface area contributed by atoms with Gasteiger partial charge in [0.15, 0.2) is 11.5 Å². The van der Waals surface area contributed by atoms with Crippen molar-refractivity contribution in [2.45, 2.75) is 26.3 Å². The number of methoxy groups -OCH3 is 2. The van der Waals surface area contributed by atoms with Crippen LogP contribution in [0.5, 0.6) is 11.5 Å². The van der Waals surface area contributed by atoms with Crippen LogP contribution in [-0.2, 0) is 6.42 Å². The molecule has 3 heterocycles. The SMILES string of the molecule is COc1cc2c(cc1OC)[C@@H](C)N(c1ncnc3onc(C)c13)CC2. The normalized spacial score (nSPS) is 16.8. The van der Waals surface area contributed by atoms with Gasteiger partial charge in [-0.3, -0.25) is 0 Å². The van der Waals surface area contributed by atoms with Gasteiger partial charge in [0.05, 0.1) is 26.0 Å². The lowest BCUT2D eigenvalue weighted by molar-refractivity contribution is 0.353. The van der Waals surface area contributed by atoms with Crippen molar-refractivity contribution in [1.29, 1.82) is 0 Å². The Morgan fingerprint density at radius 2 is 1.92 bits per heavy atom. The lowest BCUT2D eigenvalue weighted by Gasteiger charge is -2.36. The third kappa shape index (κ3) is 2.38. The summed E-state index contributed by atoms with van der Waals surface area (Å²) in [6.45, 7) is 4.93. The fourth-order valence-corrected chi connectivity index (χ4v) is 3.56. The second-order valence-electron chi connectivity index (χ2n) is 6.17. The quantitative estimate of drug-likeness (QED) is 0.725. The highest BCUT2D eigenvalue weighted by Gasteiger charge is 2.29. The number of hydrogen-bond acceptors (Lipinski definition) is 7. The number of ether oxygens (including phenoxy) is 2. The highest BCUT2D eigenvalue weighted by atomic mass is 16.5. The van der Waals surface area contributed by atoms with Gasteiger partial charge >= 0.3 is 0 Å². The summed E-state index contributed by atoms with van der Waals surface area (Å²) in [4.78, 5) is 11.0. The number of nitrogens with zero attached hydrogens (tertiary/aromatic N) is 4. The minimum Gasteiger partial charge on any atom is -0.493 e. The molecule has 130 valence electrons. The largest absolute Gasteiger partial charge is 0.493 e. The molecule has 4 rings (SSSR count). The third-order valence-electron chi connectivity index (χ3n) is 4.88. The average Bonchev–Trinajstić information content (AvgIpc) is 3.02. The van der Waals surface area contributed by atoms with Crippen LogP contribution in [0, 0.1) is 6.92 Å². The van der Waals surface area contributed by atoms with Crippen LogP contribution in [-0.4, -0.2) is 35.9 Å². The first-order chi connectivity index (χ1) is 12.1. The molecule has 0 N–H and O–H groups in total. The Hall–Kier alpha value is -2.83. The zero-order valence-corrected chi connectivity index (χ0v) is 14.7. The highest BCUT2D eigenvalue weighted by molar-refractivity contribution is 5.88. The predicted molar refractivity (Wildman–Crippen MR) is 93.3 cm³/mol. The van der Waals surface area contributed by atoms with Crippen LogP contribution in [0.2, 0.25) is 0 Å². The smallest absolute Gasteiger partial charge is 0.263 e. The summed E-state index contributed by atoms with van der Waals surface area (Å²) in [6.07, 6.45) is 2.43. The monoisotopic (exact) mass is 340 g/mol. The molecule has 2 aromatic heterocycles. The molecule has 7 nitrogen and oxygen atoms in total. The number of benzene rings is 1. The number of anilines is 1. The maximum Gasteiger partial charge on any atom is 0.263 e. The summed E-state index contributed by atoms with van der Waals surface area (Å²) in [5.41, 5.74) is 3.81. The van der Waals surface area contributed by atoms with Gasteiger partial charge in [0, 0.05) is 6.54 Å². The Kier molecular flexibility index (Phi) is 3.71. The van der Waals surface area contributed by atoms with E-state index >= 15 is 0 Å². The van der Waals surface area contributed by atoms with Crippen molar-refractivity contribution >= 4 is 16.9 Å². The number of aryl methyl sites for hydroxylation is 1. The first-order valence-electron chi connectivity index (χ1n) is 8.22. The van der Waals surface area contributed by atoms with Crippen LogP contribution in [0.25, 0.3) is 11.1 Å². The highest BCUT2D eigenvalue weighted by Crippen LogP contribution is 2.40. The third-order valence-corrected chi connectivity index (χ3v) is 4.88. The van der Waals surface area contributed by atoms with E-state index in [9.17, 15) is 0 Å². The topological polar surface area (TPSA) is 73.5 Å². The van der Waals surface area contributed by atoms with Gasteiger partial charge in [-0.15, -0.1) is 0 Å². The van der Waals surface area contributed by atoms with Crippen molar-refractivity contribution in [2.75, 3.05) is 25.7 Å². The molecule has 0 bridgehead atoms. The van der Waals surface area contributed by atoms with Crippen molar-refractivity contribution in [3.63, 3.8) is 0 Å². The summed E-state index contributed by atoms with van der Waals surface area (Å²) >= 11 is 0. The second-order valence-corrected chi connectivity index (χ2v) is 6.17. The van der Waals surface area contributed by atoms with Gasteiger partial charge in [-0.05, 0) is 43.5 Å². The molecule has 3 aromatic rings. The molecule has 0 saturated carbocycles. The van der Waals surface area contributed by atoms with Gasteiger partial charge in [-0.2, -0.15) is 4.98 Å². The van der Waals surface area contributed by atoms with Crippen LogP contribution in [0.15, 0.2) is 23.0 Å². The predicted octanol–water partition coefficient (Wildman–Crippen LogP) is 3.07. The van der Waals surface area contributed by atoms with E-state index < -0.39 is 0 Å². The molecule has 1 atom stereocenters. The molecule has 0 amide bonds. The van der Waals surface area contributed by atoms with Crippen molar-refractivity contribution in [2.24, 2.45) is 0 Å². The number of aromatic nitrogens is 3. The molecular weight excluding hydrogens is 320 g/mol. The van der Waals surface area contributed by atoms with Crippen molar-refractivity contribution in [3.8, 4) is 11.5 Å². The molecule has 0 radical (unpaired) electrons. The zero-order chi connectivity index (χ0) is 17.6. The molecule has 0 aliphatic carbocycles. The summed E-state index contributed by atoms with van der Waals surface area (Å²) in [5, 5.41) is 4.90. The van der Waals surface area contributed by atoms with Crippen LogP contribution in [0.4, 0.5) is 5.82 Å². The van der Waals surface area contributed by atoms with Gasteiger partial charge in [0.25, 0.3) is 5.71 Å². The van der Waals surface area contributed by atoms with E-state index in [-0.39, 0.29) is 6.04 Å². The van der Waals surface area contributed by atoms with E-state index in [1.165, 1.54) is 17.5 Å². The Bertz CT molecular complexity index is 937. The second kappa shape index (κ2) is 5.91. The van der Waals surface area contributed by atoms with E-state index in [0.717, 1.165) is 41.4 Å². The lowest BCUT2D eigenvalue weighted by atomic mass is 9.92. The molecule has 0 unspecified atom stereocenters. The first kappa shape index (κ1) is 15.7. The molecule has 1 aliphatic rings. The number of rotatable bonds is 3. The Balaban J connectivity index is 1.81. The van der Waals surface area contributed by atoms with Crippen LogP contribution < -0.4 is 14.4 Å². The number of hydrogen-bond donors (Lipinski definition) is 0. The lowest BCUT2D eigenvalue weighted by Crippen LogP contribution is -2.34.